The molecule has 0 saturated heterocycles. The average molecular weight is 270 g/mol. The molecule has 0 atom stereocenters. The minimum Gasteiger partial charge on any atom is -0.385 e. The van der Waals surface area contributed by atoms with Gasteiger partial charge < -0.3 is 5.32 Å². The summed E-state index contributed by atoms with van der Waals surface area (Å²) < 4.78 is 38.4. The summed E-state index contributed by atoms with van der Waals surface area (Å²) in [6.45, 7) is 1.26. The van der Waals surface area contributed by atoms with Crippen molar-refractivity contribution < 1.29 is 13.2 Å². The quantitative estimate of drug-likeness (QED) is 0.881. The van der Waals surface area contributed by atoms with Gasteiger partial charge in [0, 0.05) is 18.8 Å². The maximum absolute atomic E-state index is 12.8. The van der Waals surface area contributed by atoms with Crippen LogP contribution in [0.4, 0.5) is 18.9 Å². The number of alkyl halides is 3. The van der Waals surface area contributed by atoms with E-state index in [1.165, 1.54) is 5.56 Å². The van der Waals surface area contributed by atoms with Gasteiger partial charge in [0.25, 0.3) is 0 Å². The number of fused-ring (bicyclic) bond motifs is 1. The summed E-state index contributed by atoms with van der Waals surface area (Å²) in [6, 6.07) is 5.89. The molecule has 0 bridgehead atoms. The molecule has 1 aliphatic carbocycles. The molecule has 2 nitrogen and oxygen atoms in total. The first-order valence-corrected chi connectivity index (χ1v) is 6.68. The summed E-state index contributed by atoms with van der Waals surface area (Å²) in [5, 5.41) is 5.99. The summed E-state index contributed by atoms with van der Waals surface area (Å²) in [4.78, 5) is 0. The zero-order chi connectivity index (χ0) is 13.5. The van der Waals surface area contributed by atoms with E-state index in [2.05, 4.69) is 10.6 Å². The molecule has 5 heteroatoms. The largest absolute Gasteiger partial charge is 0.406 e. The Balaban J connectivity index is 1.68. The van der Waals surface area contributed by atoms with Gasteiger partial charge in [-0.25, -0.2) is 0 Å². The Morgan fingerprint density at radius 1 is 1.26 bits per heavy atom. The minimum absolute atomic E-state index is 0.197. The van der Waals surface area contributed by atoms with Crippen LogP contribution < -0.4 is 10.6 Å². The first-order chi connectivity index (χ1) is 9.00. The lowest BCUT2D eigenvalue weighted by Gasteiger charge is -2.22. The van der Waals surface area contributed by atoms with Crippen molar-refractivity contribution >= 4 is 5.69 Å². The summed E-state index contributed by atoms with van der Waals surface area (Å²) in [7, 11) is 0. The Hall–Kier alpha value is -1.23. The van der Waals surface area contributed by atoms with Crippen LogP contribution in [0.1, 0.15) is 30.4 Å². The van der Waals surface area contributed by atoms with Crippen LogP contribution in [0, 0.1) is 0 Å². The van der Waals surface area contributed by atoms with Crippen molar-refractivity contribution in [3.05, 3.63) is 29.3 Å². The van der Waals surface area contributed by atoms with Gasteiger partial charge in [-0.05, 0) is 42.9 Å². The highest BCUT2D eigenvalue weighted by atomic mass is 19.4. The van der Waals surface area contributed by atoms with E-state index >= 15 is 0 Å². The topological polar surface area (TPSA) is 24.1 Å². The second-order valence-electron chi connectivity index (χ2n) is 5.46. The van der Waals surface area contributed by atoms with Gasteiger partial charge in [-0.15, -0.1) is 0 Å². The Bertz CT molecular complexity index is 478. The monoisotopic (exact) mass is 270 g/mol. The normalized spacial score (nSPS) is 20.6. The highest BCUT2D eigenvalue weighted by Gasteiger charge is 2.62. The third-order valence-corrected chi connectivity index (χ3v) is 4.03. The molecular weight excluding hydrogens is 253 g/mol. The van der Waals surface area contributed by atoms with Crippen molar-refractivity contribution in [2.24, 2.45) is 0 Å². The fourth-order valence-corrected chi connectivity index (χ4v) is 2.59. The molecule has 1 aliphatic heterocycles. The minimum atomic E-state index is -4.14. The van der Waals surface area contributed by atoms with Crippen LogP contribution in [0.15, 0.2) is 18.2 Å². The van der Waals surface area contributed by atoms with E-state index in [4.69, 9.17) is 0 Å². The second kappa shape index (κ2) is 4.40. The van der Waals surface area contributed by atoms with Gasteiger partial charge in [0.15, 0.2) is 0 Å². The molecule has 0 spiro atoms. The third-order valence-electron chi connectivity index (χ3n) is 4.03. The van der Waals surface area contributed by atoms with Crippen LogP contribution in [-0.2, 0) is 13.0 Å². The zero-order valence-electron chi connectivity index (χ0n) is 10.6. The molecular formula is C14H17F3N2. The first kappa shape index (κ1) is 12.8. The number of halogens is 3. The molecule has 19 heavy (non-hydrogen) atoms. The molecule has 1 heterocycles. The second-order valence-corrected chi connectivity index (χ2v) is 5.46. The smallest absolute Gasteiger partial charge is 0.385 e. The van der Waals surface area contributed by atoms with Crippen molar-refractivity contribution in [2.75, 3.05) is 11.9 Å². The molecule has 2 aliphatic rings. The molecule has 1 aromatic carbocycles. The number of nitrogens with one attached hydrogen (secondary N) is 2. The van der Waals surface area contributed by atoms with Crippen LogP contribution in [0.3, 0.4) is 0 Å². The molecule has 2 N–H and O–H groups in total. The van der Waals surface area contributed by atoms with Gasteiger partial charge in [0.05, 0.1) is 0 Å². The highest BCUT2D eigenvalue weighted by Crippen LogP contribution is 2.49. The van der Waals surface area contributed by atoms with E-state index in [0.717, 1.165) is 30.6 Å². The molecule has 1 fully saturated rings. The summed E-state index contributed by atoms with van der Waals surface area (Å²) >= 11 is 0. The van der Waals surface area contributed by atoms with E-state index in [1.807, 2.05) is 18.2 Å². The Morgan fingerprint density at radius 2 is 2.05 bits per heavy atom. The van der Waals surface area contributed by atoms with Crippen molar-refractivity contribution in [2.45, 2.75) is 43.9 Å². The predicted molar refractivity (Wildman–Crippen MR) is 68.1 cm³/mol. The molecule has 0 aromatic heterocycles. The average Bonchev–Trinajstić information content (AvgIpc) is 3.17. The number of anilines is 1. The van der Waals surface area contributed by atoms with E-state index in [1.54, 1.807) is 0 Å². The summed E-state index contributed by atoms with van der Waals surface area (Å²) in [6.07, 6.45) is -1.66. The van der Waals surface area contributed by atoms with Crippen molar-refractivity contribution in [1.29, 1.82) is 0 Å². The zero-order valence-corrected chi connectivity index (χ0v) is 10.6. The molecule has 104 valence electrons. The molecule has 0 amide bonds. The number of rotatable bonds is 3. The standard InChI is InChI=1S/C14H17F3N2/c15-14(16,17)13(5-6-13)19-9-10-3-4-12-11(8-10)2-1-7-18-12/h3-4,8,18-19H,1-2,5-7,9H2. The van der Waals surface area contributed by atoms with Crippen LogP contribution in [-0.4, -0.2) is 18.3 Å². The number of hydrogen-bond acceptors (Lipinski definition) is 2. The van der Waals surface area contributed by atoms with Crippen LogP contribution in [0.2, 0.25) is 0 Å². The Morgan fingerprint density at radius 3 is 2.74 bits per heavy atom. The molecule has 1 saturated carbocycles. The van der Waals surface area contributed by atoms with Gasteiger partial charge in [-0.3, -0.25) is 5.32 Å². The fraction of sp³-hybridized carbons (Fsp3) is 0.571. The lowest BCUT2D eigenvalue weighted by molar-refractivity contribution is -0.166. The highest BCUT2D eigenvalue weighted by molar-refractivity contribution is 5.54. The molecule has 0 radical (unpaired) electrons. The molecule has 0 unspecified atom stereocenters. The van der Waals surface area contributed by atoms with E-state index in [-0.39, 0.29) is 19.4 Å². The van der Waals surface area contributed by atoms with Crippen molar-refractivity contribution in [3.8, 4) is 0 Å². The third kappa shape index (κ3) is 2.43. The lowest BCUT2D eigenvalue weighted by atomic mass is 10.0. The van der Waals surface area contributed by atoms with E-state index < -0.39 is 11.7 Å². The Labute approximate surface area is 110 Å². The maximum atomic E-state index is 12.8. The van der Waals surface area contributed by atoms with Gasteiger partial charge in [0.2, 0.25) is 0 Å². The first-order valence-electron chi connectivity index (χ1n) is 6.68. The van der Waals surface area contributed by atoms with E-state index in [0.29, 0.717) is 0 Å². The summed E-state index contributed by atoms with van der Waals surface area (Å²) in [5.74, 6) is 0. The van der Waals surface area contributed by atoms with Gasteiger partial charge in [0.1, 0.15) is 5.54 Å². The van der Waals surface area contributed by atoms with Gasteiger partial charge in [-0.1, -0.05) is 12.1 Å². The van der Waals surface area contributed by atoms with Gasteiger partial charge in [-0.2, -0.15) is 13.2 Å². The number of aryl methyl sites for hydroxylation is 1. The fourth-order valence-electron chi connectivity index (χ4n) is 2.59. The van der Waals surface area contributed by atoms with Crippen molar-refractivity contribution in [3.63, 3.8) is 0 Å². The van der Waals surface area contributed by atoms with Gasteiger partial charge >= 0.3 is 6.18 Å². The Kier molecular flexibility index (Phi) is 2.96. The number of hydrogen-bond donors (Lipinski definition) is 2. The molecule has 3 rings (SSSR count). The maximum Gasteiger partial charge on any atom is 0.406 e. The van der Waals surface area contributed by atoms with Crippen LogP contribution in [0.5, 0.6) is 0 Å². The van der Waals surface area contributed by atoms with Crippen LogP contribution in [0.25, 0.3) is 0 Å². The van der Waals surface area contributed by atoms with Crippen molar-refractivity contribution in [1.82, 2.24) is 5.32 Å². The predicted octanol–water partition coefficient (Wildman–Crippen LogP) is 3.23. The number of benzene rings is 1. The SMILES string of the molecule is FC(F)(F)C1(NCc2ccc3c(c2)CCCN3)CC1. The van der Waals surface area contributed by atoms with Crippen LogP contribution >= 0.6 is 0 Å². The van der Waals surface area contributed by atoms with E-state index in [9.17, 15) is 13.2 Å². The summed E-state index contributed by atoms with van der Waals surface area (Å²) in [5.41, 5.74) is 1.63. The molecule has 1 aromatic rings. The lowest BCUT2D eigenvalue weighted by Crippen LogP contribution is -2.44.